The first-order valence-corrected chi connectivity index (χ1v) is 8.95. The Labute approximate surface area is 126 Å². The van der Waals surface area contributed by atoms with E-state index in [9.17, 15) is 13.2 Å². The highest BCUT2D eigenvalue weighted by atomic mass is 32.2. The van der Waals surface area contributed by atoms with Crippen LogP contribution < -0.4 is 5.32 Å². The fourth-order valence-corrected chi connectivity index (χ4v) is 4.11. The maximum atomic E-state index is 12.7. The zero-order chi connectivity index (χ0) is 15.5. The van der Waals surface area contributed by atoms with Crippen LogP contribution in [0.3, 0.4) is 0 Å². The summed E-state index contributed by atoms with van der Waals surface area (Å²) in [6.07, 6.45) is 0.537. The molecule has 1 aromatic rings. The lowest BCUT2D eigenvalue weighted by molar-refractivity contribution is 0.0705. The number of amides is 1. The van der Waals surface area contributed by atoms with Gasteiger partial charge >= 0.3 is 0 Å². The Balaban J connectivity index is 2.34. The first kappa shape index (κ1) is 16.0. The summed E-state index contributed by atoms with van der Waals surface area (Å²) >= 11 is 0. The molecule has 116 valence electrons. The molecule has 1 aliphatic rings. The third-order valence-corrected chi connectivity index (χ3v) is 5.55. The van der Waals surface area contributed by atoms with Gasteiger partial charge in [0.15, 0.2) is 9.84 Å². The Kier molecular flexibility index (Phi) is 5.00. The average Bonchev–Trinajstić information content (AvgIpc) is 2.46. The summed E-state index contributed by atoms with van der Waals surface area (Å²) in [6, 6.07) is 6.74. The molecule has 1 heterocycles. The van der Waals surface area contributed by atoms with Gasteiger partial charge in [0, 0.05) is 25.7 Å². The zero-order valence-corrected chi connectivity index (χ0v) is 13.3. The maximum absolute atomic E-state index is 12.7. The molecule has 0 spiro atoms. The summed E-state index contributed by atoms with van der Waals surface area (Å²) in [4.78, 5) is 14.5. The summed E-state index contributed by atoms with van der Waals surface area (Å²) in [6.45, 7) is 5.77. The topological polar surface area (TPSA) is 66.5 Å². The van der Waals surface area contributed by atoms with E-state index in [1.807, 2.05) is 13.8 Å². The van der Waals surface area contributed by atoms with Gasteiger partial charge < -0.3 is 10.2 Å². The maximum Gasteiger partial charge on any atom is 0.255 e. The lowest BCUT2D eigenvalue weighted by atomic mass is 10.1. The van der Waals surface area contributed by atoms with Gasteiger partial charge in [-0.1, -0.05) is 19.1 Å². The van der Waals surface area contributed by atoms with Crippen molar-refractivity contribution >= 4 is 15.7 Å². The SMILES string of the molecule is CCCS(=O)(=O)c1ccccc1C(=O)N1CCN[C@@H](C)C1. The normalized spacial score (nSPS) is 19.5. The Hall–Kier alpha value is -1.40. The molecule has 1 saturated heterocycles. The lowest BCUT2D eigenvalue weighted by Gasteiger charge is -2.32. The molecule has 1 atom stereocenters. The second-order valence-corrected chi connectivity index (χ2v) is 7.50. The van der Waals surface area contributed by atoms with Crippen LogP contribution in [0.4, 0.5) is 0 Å². The molecule has 21 heavy (non-hydrogen) atoms. The van der Waals surface area contributed by atoms with Gasteiger partial charge in [-0.15, -0.1) is 0 Å². The number of carbonyl (C=O) groups excluding carboxylic acids is 1. The minimum absolute atomic E-state index is 0.0647. The van der Waals surface area contributed by atoms with Crippen LogP contribution >= 0.6 is 0 Å². The van der Waals surface area contributed by atoms with Gasteiger partial charge in [-0.3, -0.25) is 4.79 Å². The van der Waals surface area contributed by atoms with E-state index in [2.05, 4.69) is 5.32 Å². The average molecular weight is 310 g/mol. The molecule has 0 saturated carbocycles. The molecule has 0 aliphatic carbocycles. The van der Waals surface area contributed by atoms with Crippen molar-refractivity contribution in [3.63, 3.8) is 0 Å². The first-order valence-electron chi connectivity index (χ1n) is 7.30. The van der Waals surface area contributed by atoms with Crippen molar-refractivity contribution in [1.82, 2.24) is 10.2 Å². The van der Waals surface area contributed by atoms with Crippen molar-refractivity contribution in [2.24, 2.45) is 0 Å². The zero-order valence-electron chi connectivity index (χ0n) is 12.5. The van der Waals surface area contributed by atoms with E-state index in [0.717, 1.165) is 6.54 Å². The molecule has 1 amide bonds. The quantitative estimate of drug-likeness (QED) is 0.910. The van der Waals surface area contributed by atoms with Gasteiger partial charge in [0.05, 0.1) is 16.2 Å². The summed E-state index contributed by atoms with van der Waals surface area (Å²) in [5.41, 5.74) is 0.292. The smallest absolute Gasteiger partial charge is 0.255 e. The van der Waals surface area contributed by atoms with Gasteiger partial charge in [-0.2, -0.15) is 0 Å². The highest BCUT2D eigenvalue weighted by molar-refractivity contribution is 7.91. The van der Waals surface area contributed by atoms with Crippen LogP contribution in [-0.4, -0.2) is 50.7 Å². The Morgan fingerprint density at radius 1 is 1.38 bits per heavy atom. The van der Waals surface area contributed by atoms with Crippen molar-refractivity contribution in [3.05, 3.63) is 29.8 Å². The van der Waals surface area contributed by atoms with E-state index in [1.165, 1.54) is 6.07 Å². The summed E-state index contributed by atoms with van der Waals surface area (Å²) in [5.74, 6) is -0.131. The molecular formula is C15H22N2O3S. The van der Waals surface area contributed by atoms with E-state index >= 15 is 0 Å². The van der Waals surface area contributed by atoms with Crippen LogP contribution in [0.25, 0.3) is 0 Å². The van der Waals surface area contributed by atoms with E-state index in [-0.39, 0.29) is 22.6 Å². The van der Waals surface area contributed by atoms with Crippen molar-refractivity contribution in [2.75, 3.05) is 25.4 Å². The molecule has 0 bridgehead atoms. The van der Waals surface area contributed by atoms with Gasteiger partial charge in [-0.05, 0) is 25.5 Å². The highest BCUT2D eigenvalue weighted by Gasteiger charge is 2.27. The minimum atomic E-state index is -3.40. The number of piperazine rings is 1. The van der Waals surface area contributed by atoms with Crippen LogP contribution in [-0.2, 0) is 9.84 Å². The molecule has 0 aromatic heterocycles. The molecule has 1 aromatic carbocycles. The standard InChI is InChI=1S/C15H22N2O3S/c1-3-10-21(19,20)14-7-5-4-6-13(14)15(18)17-9-8-16-12(2)11-17/h4-7,12,16H,3,8-11H2,1-2H3/t12-/m0/s1. The number of nitrogens with one attached hydrogen (secondary N) is 1. The number of carbonyl (C=O) groups is 1. The molecule has 5 nitrogen and oxygen atoms in total. The predicted molar refractivity (Wildman–Crippen MR) is 82.2 cm³/mol. The largest absolute Gasteiger partial charge is 0.336 e. The van der Waals surface area contributed by atoms with E-state index < -0.39 is 9.84 Å². The minimum Gasteiger partial charge on any atom is -0.336 e. The summed E-state index contributed by atoms with van der Waals surface area (Å²) < 4.78 is 24.6. The summed E-state index contributed by atoms with van der Waals surface area (Å²) in [7, 11) is -3.40. The highest BCUT2D eigenvalue weighted by Crippen LogP contribution is 2.20. The fraction of sp³-hybridized carbons (Fsp3) is 0.533. The molecule has 0 radical (unpaired) electrons. The predicted octanol–water partition coefficient (Wildman–Crippen LogP) is 1.30. The third-order valence-electron chi connectivity index (χ3n) is 3.58. The fourth-order valence-electron chi connectivity index (χ4n) is 2.58. The second kappa shape index (κ2) is 6.58. The van der Waals surface area contributed by atoms with E-state index in [4.69, 9.17) is 0 Å². The molecular weight excluding hydrogens is 288 g/mol. The van der Waals surface area contributed by atoms with Crippen molar-refractivity contribution in [1.29, 1.82) is 0 Å². The van der Waals surface area contributed by atoms with E-state index in [0.29, 0.717) is 25.1 Å². The van der Waals surface area contributed by atoms with Crippen LogP contribution in [0.2, 0.25) is 0 Å². The number of benzene rings is 1. The molecule has 1 fully saturated rings. The number of hydrogen-bond donors (Lipinski definition) is 1. The van der Waals surface area contributed by atoms with Gasteiger partial charge in [0.25, 0.3) is 5.91 Å². The van der Waals surface area contributed by atoms with Gasteiger partial charge in [0.2, 0.25) is 0 Å². The number of sulfone groups is 1. The molecule has 6 heteroatoms. The van der Waals surface area contributed by atoms with Crippen molar-refractivity contribution in [3.8, 4) is 0 Å². The van der Waals surface area contributed by atoms with Gasteiger partial charge in [-0.25, -0.2) is 8.42 Å². The third kappa shape index (κ3) is 3.63. The van der Waals surface area contributed by atoms with E-state index in [1.54, 1.807) is 23.1 Å². The molecule has 2 rings (SSSR count). The number of nitrogens with zero attached hydrogens (tertiary/aromatic N) is 1. The molecule has 1 N–H and O–H groups in total. The van der Waals surface area contributed by atoms with Crippen molar-refractivity contribution in [2.45, 2.75) is 31.2 Å². The Morgan fingerprint density at radius 3 is 2.76 bits per heavy atom. The summed E-state index contributed by atoms with van der Waals surface area (Å²) in [5, 5.41) is 3.27. The van der Waals surface area contributed by atoms with Crippen molar-refractivity contribution < 1.29 is 13.2 Å². The Bertz CT molecular complexity index is 613. The Morgan fingerprint density at radius 2 is 2.10 bits per heavy atom. The van der Waals surface area contributed by atoms with Crippen LogP contribution in [0, 0.1) is 0 Å². The van der Waals surface area contributed by atoms with Crippen LogP contribution in [0.1, 0.15) is 30.6 Å². The lowest BCUT2D eigenvalue weighted by Crippen LogP contribution is -2.51. The first-order chi connectivity index (χ1) is 9.95. The number of rotatable bonds is 4. The molecule has 1 aliphatic heterocycles. The second-order valence-electron chi connectivity index (χ2n) is 5.42. The van der Waals surface area contributed by atoms with Crippen LogP contribution in [0.15, 0.2) is 29.2 Å². The number of hydrogen-bond acceptors (Lipinski definition) is 4. The molecule has 0 unspecified atom stereocenters. The van der Waals surface area contributed by atoms with Crippen LogP contribution in [0.5, 0.6) is 0 Å². The van der Waals surface area contributed by atoms with Gasteiger partial charge in [0.1, 0.15) is 0 Å². The monoisotopic (exact) mass is 310 g/mol.